The maximum Gasteiger partial charge on any atom is 0.0643 e. The zero-order valence-electron chi connectivity index (χ0n) is 32.6. The minimum absolute atomic E-state index is 0.670. The van der Waals surface area contributed by atoms with Gasteiger partial charge in [-0.2, -0.15) is 0 Å². The van der Waals surface area contributed by atoms with E-state index in [-0.39, 0.29) is 0 Å². The highest BCUT2D eigenvalue weighted by Gasteiger charge is 2.23. The third kappa shape index (κ3) is 7.72. The molecule has 0 aliphatic carbocycles. The van der Waals surface area contributed by atoms with Crippen molar-refractivity contribution >= 4 is 5.71 Å². The maximum atomic E-state index is 4.92. The summed E-state index contributed by atoms with van der Waals surface area (Å²) < 4.78 is 0. The van der Waals surface area contributed by atoms with Gasteiger partial charge in [0.1, 0.15) is 0 Å². The van der Waals surface area contributed by atoms with Crippen LogP contribution >= 0.6 is 0 Å². The Hall–Kier alpha value is -7.35. The Labute approximate surface area is 342 Å². The van der Waals surface area contributed by atoms with Crippen LogP contribution in [0.2, 0.25) is 0 Å². The van der Waals surface area contributed by atoms with Gasteiger partial charge in [0.15, 0.2) is 0 Å². The van der Waals surface area contributed by atoms with Crippen molar-refractivity contribution in [2.45, 2.75) is 13.5 Å². The van der Waals surface area contributed by atoms with Crippen LogP contribution in [0.15, 0.2) is 236 Å². The molecule has 276 valence electrons. The van der Waals surface area contributed by atoms with Gasteiger partial charge in [0.05, 0.1) is 6.54 Å². The van der Waals surface area contributed by atoms with E-state index in [1.807, 2.05) is 6.07 Å². The summed E-state index contributed by atoms with van der Waals surface area (Å²) in [6.45, 7) is 2.77. The highest BCUT2D eigenvalue weighted by atomic mass is 14.7. The smallest absolute Gasteiger partial charge is 0.0643 e. The predicted octanol–water partition coefficient (Wildman–Crippen LogP) is 15.4. The number of rotatable bonds is 10. The molecule has 0 aromatic heterocycles. The average molecular weight is 742 g/mol. The highest BCUT2D eigenvalue weighted by Crippen LogP contribution is 2.50. The quantitative estimate of drug-likeness (QED) is 0.124. The monoisotopic (exact) mass is 741 g/mol. The van der Waals surface area contributed by atoms with Crippen molar-refractivity contribution in [1.82, 2.24) is 0 Å². The van der Waals surface area contributed by atoms with E-state index >= 15 is 0 Å². The molecule has 9 rings (SSSR count). The summed E-state index contributed by atoms with van der Waals surface area (Å²) in [7, 11) is 0. The summed E-state index contributed by atoms with van der Waals surface area (Å²) in [5.74, 6) is 0. The lowest BCUT2D eigenvalue weighted by molar-refractivity contribution is 1.06. The Morgan fingerprint density at radius 3 is 1.19 bits per heavy atom. The van der Waals surface area contributed by atoms with Gasteiger partial charge < -0.3 is 0 Å². The van der Waals surface area contributed by atoms with Crippen molar-refractivity contribution in [2.75, 3.05) is 0 Å². The molecule has 0 amide bonds. The van der Waals surface area contributed by atoms with Crippen molar-refractivity contribution in [2.24, 2.45) is 4.99 Å². The van der Waals surface area contributed by atoms with Gasteiger partial charge in [-0.1, -0.05) is 206 Å². The van der Waals surface area contributed by atoms with E-state index in [0.717, 1.165) is 11.3 Å². The molecule has 58 heavy (non-hydrogen) atoms. The summed E-state index contributed by atoms with van der Waals surface area (Å²) in [5, 5.41) is 0. The third-order valence-corrected chi connectivity index (χ3v) is 10.9. The molecule has 0 N–H and O–H groups in total. The van der Waals surface area contributed by atoms with Gasteiger partial charge in [-0.3, -0.25) is 4.99 Å². The normalized spacial score (nSPS) is 11.4. The highest BCUT2D eigenvalue weighted by molar-refractivity contribution is 6.07. The molecule has 0 fully saturated rings. The molecule has 9 aromatic carbocycles. The van der Waals surface area contributed by atoms with E-state index < -0.39 is 0 Å². The van der Waals surface area contributed by atoms with Crippen molar-refractivity contribution in [3.05, 3.63) is 242 Å². The molecule has 0 aliphatic rings. The summed E-state index contributed by atoms with van der Waals surface area (Å²) >= 11 is 0. The minimum atomic E-state index is 0.670. The Kier molecular flexibility index (Phi) is 10.5. The second-order valence-electron chi connectivity index (χ2n) is 14.7. The van der Waals surface area contributed by atoms with Crippen molar-refractivity contribution < 1.29 is 0 Å². The van der Waals surface area contributed by atoms with Crippen LogP contribution in [-0.4, -0.2) is 5.71 Å². The first kappa shape index (κ1) is 36.3. The Morgan fingerprint density at radius 2 is 0.672 bits per heavy atom. The molecule has 0 aliphatic heterocycles. The van der Waals surface area contributed by atoms with Crippen molar-refractivity contribution in [1.29, 1.82) is 0 Å². The largest absolute Gasteiger partial charge is 0.285 e. The van der Waals surface area contributed by atoms with Crippen molar-refractivity contribution in [3.63, 3.8) is 0 Å². The SMILES string of the molecule is C/C(=N\Cc1ccccc1)c1cccc(-c2cccc(-c3cccc(-c4cc(-c5ccccc5)c(-c5ccccc5)c(-c5ccccc5)c4-c4ccccc4)c3)c2)c1. The molecule has 1 nitrogen and oxygen atoms in total. The summed E-state index contributed by atoms with van der Waals surface area (Å²) in [4.78, 5) is 4.92. The fraction of sp³-hybridized carbons (Fsp3) is 0.0351. The average Bonchev–Trinajstić information content (AvgIpc) is 3.31. The number of hydrogen-bond acceptors (Lipinski definition) is 1. The molecular formula is C57H43N. The summed E-state index contributed by atoms with van der Waals surface area (Å²) in [6.07, 6.45) is 0. The molecule has 0 atom stereocenters. The number of hydrogen-bond donors (Lipinski definition) is 0. The first-order valence-electron chi connectivity index (χ1n) is 20.0. The van der Waals surface area contributed by atoms with Crippen LogP contribution in [-0.2, 0) is 6.54 Å². The van der Waals surface area contributed by atoms with Crippen LogP contribution in [0.25, 0.3) is 77.9 Å². The number of nitrogens with zero attached hydrogens (tertiary/aromatic N) is 1. The lowest BCUT2D eigenvalue weighted by atomic mass is 9.78. The van der Waals surface area contributed by atoms with E-state index in [9.17, 15) is 0 Å². The molecule has 0 bridgehead atoms. The van der Waals surface area contributed by atoms with E-state index in [1.165, 1.54) is 83.5 Å². The Balaban J connectivity index is 1.20. The van der Waals surface area contributed by atoms with Crippen LogP contribution in [0.3, 0.4) is 0 Å². The first-order chi connectivity index (χ1) is 28.7. The van der Waals surface area contributed by atoms with Gasteiger partial charge in [0.2, 0.25) is 0 Å². The maximum absolute atomic E-state index is 4.92. The fourth-order valence-corrected chi connectivity index (χ4v) is 8.01. The van der Waals surface area contributed by atoms with Crippen LogP contribution in [0.4, 0.5) is 0 Å². The Morgan fingerprint density at radius 1 is 0.310 bits per heavy atom. The standard InChI is InChI=1S/C57H43N/c1-41(58-40-42-20-7-2-8-21-42)47-30-17-31-48(36-47)49-32-18-33-50(37-49)51-34-19-35-52(38-51)54-39-53(43-22-9-3-10-23-43)55(44-24-11-4-12-25-44)57(46-28-15-6-16-29-46)56(54)45-26-13-5-14-27-45/h2-39H,40H2,1H3/b58-41+. The molecule has 0 saturated carbocycles. The van der Waals surface area contributed by atoms with Crippen LogP contribution in [0.5, 0.6) is 0 Å². The minimum Gasteiger partial charge on any atom is -0.285 e. The molecule has 0 radical (unpaired) electrons. The van der Waals surface area contributed by atoms with E-state index in [0.29, 0.717) is 6.54 Å². The molecule has 0 saturated heterocycles. The lowest BCUT2D eigenvalue weighted by Crippen LogP contribution is -1.98. The molecule has 0 heterocycles. The van der Waals surface area contributed by atoms with Crippen molar-refractivity contribution in [3.8, 4) is 77.9 Å². The lowest BCUT2D eigenvalue weighted by Gasteiger charge is -2.24. The van der Waals surface area contributed by atoms with Gasteiger partial charge in [-0.15, -0.1) is 0 Å². The number of benzene rings is 9. The predicted molar refractivity (Wildman–Crippen MR) is 247 cm³/mol. The van der Waals surface area contributed by atoms with Gasteiger partial charge >= 0.3 is 0 Å². The second-order valence-corrected chi connectivity index (χ2v) is 14.7. The number of aliphatic imine (C=N–C) groups is 1. The van der Waals surface area contributed by atoms with Gasteiger partial charge in [0, 0.05) is 5.71 Å². The third-order valence-electron chi connectivity index (χ3n) is 10.9. The molecule has 0 unspecified atom stereocenters. The van der Waals surface area contributed by atoms with E-state index in [1.54, 1.807) is 0 Å². The summed E-state index contributed by atoms with van der Waals surface area (Å²) in [6, 6.07) is 83.1. The van der Waals surface area contributed by atoms with Crippen LogP contribution < -0.4 is 0 Å². The first-order valence-corrected chi connectivity index (χ1v) is 20.0. The van der Waals surface area contributed by atoms with E-state index in [2.05, 4.69) is 231 Å². The zero-order chi connectivity index (χ0) is 39.1. The molecular weight excluding hydrogens is 699 g/mol. The molecule has 0 spiro atoms. The topological polar surface area (TPSA) is 12.4 Å². The van der Waals surface area contributed by atoms with Gasteiger partial charge in [0.25, 0.3) is 0 Å². The molecule has 9 aromatic rings. The second kappa shape index (κ2) is 16.8. The van der Waals surface area contributed by atoms with Gasteiger partial charge in [-0.25, -0.2) is 0 Å². The van der Waals surface area contributed by atoms with Crippen LogP contribution in [0, 0.1) is 0 Å². The molecule has 1 heteroatoms. The zero-order valence-corrected chi connectivity index (χ0v) is 32.6. The Bertz CT molecular complexity index is 2820. The summed E-state index contributed by atoms with van der Waals surface area (Å²) in [5.41, 5.74) is 20.1. The van der Waals surface area contributed by atoms with Crippen LogP contribution in [0.1, 0.15) is 18.1 Å². The van der Waals surface area contributed by atoms with Gasteiger partial charge in [-0.05, 0) is 120 Å². The fourth-order valence-electron chi connectivity index (χ4n) is 8.01. The van der Waals surface area contributed by atoms with E-state index in [4.69, 9.17) is 4.99 Å².